The van der Waals surface area contributed by atoms with E-state index in [-0.39, 0.29) is 12.5 Å². The molecular formula is C21H28N2O2S. The van der Waals surface area contributed by atoms with Gasteiger partial charge in [0.05, 0.1) is 5.69 Å². The van der Waals surface area contributed by atoms with Crippen molar-refractivity contribution in [2.75, 3.05) is 11.9 Å². The van der Waals surface area contributed by atoms with E-state index in [2.05, 4.69) is 31.1 Å². The molecule has 3 rings (SSSR count). The smallest absolute Gasteiger partial charge is 0.264 e. The van der Waals surface area contributed by atoms with Crippen molar-refractivity contribution in [3.63, 3.8) is 0 Å². The molecule has 1 heterocycles. The molecule has 0 aliphatic heterocycles. The van der Waals surface area contributed by atoms with Crippen molar-refractivity contribution in [1.29, 1.82) is 0 Å². The van der Waals surface area contributed by atoms with Gasteiger partial charge in [0, 0.05) is 4.88 Å². The van der Waals surface area contributed by atoms with Gasteiger partial charge in [-0.2, -0.15) is 0 Å². The van der Waals surface area contributed by atoms with Crippen LogP contribution in [0.1, 0.15) is 48.9 Å². The zero-order chi connectivity index (χ0) is 18.9. The molecule has 4 nitrogen and oxygen atoms in total. The van der Waals surface area contributed by atoms with Gasteiger partial charge in [-0.25, -0.2) is 4.98 Å². The van der Waals surface area contributed by atoms with E-state index in [9.17, 15) is 4.79 Å². The van der Waals surface area contributed by atoms with Crippen molar-refractivity contribution in [2.24, 2.45) is 11.3 Å². The number of amides is 1. The summed E-state index contributed by atoms with van der Waals surface area (Å²) in [7, 11) is 0. The number of nitrogens with one attached hydrogen (secondary N) is 1. The number of fused-ring (bicyclic) bond motifs is 1. The van der Waals surface area contributed by atoms with Gasteiger partial charge in [0.15, 0.2) is 11.7 Å². The number of anilines is 1. The fourth-order valence-electron chi connectivity index (χ4n) is 3.33. The summed E-state index contributed by atoms with van der Waals surface area (Å²) in [6.45, 7) is 10.9. The maximum Gasteiger partial charge on any atom is 0.264 e. The van der Waals surface area contributed by atoms with Crippen LogP contribution >= 0.6 is 11.3 Å². The Bertz CT molecular complexity index is 805. The fourth-order valence-corrected chi connectivity index (χ4v) is 4.43. The van der Waals surface area contributed by atoms with Crippen LogP contribution in [0.5, 0.6) is 5.75 Å². The van der Waals surface area contributed by atoms with Crippen LogP contribution in [-0.2, 0) is 17.6 Å². The van der Waals surface area contributed by atoms with Crippen LogP contribution in [0.2, 0.25) is 0 Å². The molecule has 1 unspecified atom stereocenters. The molecule has 26 heavy (non-hydrogen) atoms. The van der Waals surface area contributed by atoms with Crippen LogP contribution in [0.15, 0.2) is 18.2 Å². The highest BCUT2D eigenvalue weighted by Crippen LogP contribution is 2.40. The fraction of sp³-hybridized carbons (Fsp3) is 0.524. The Hall–Kier alpha value is -1.88. The van der Waals surface area contributed by atoms with Gasteiger partial charge in [-0.3, -0.25) is 10.1 Å². The number of aromatic nitrogens is 1. The summed E-state index contributed by atoms with van der Waals surface area (Å²) in [5.74, 6) is 1.27. The van der Waals surface area contributed by atoms with Crippen LogP contribution in [0, 0.1) is 25.2 Å². The predicted molar refractivity (Wildman–Crippen MR) is 107 cm³/mol. The molecule has 5 heteroatoms. The molecule has 0 saturated heterocycles. The molecule has 1 aliphatic rings. The van der Waals surface area contributed by atoms with Crippen LogP contribution in [0.4, 0.5) is 5.13 Å². The van der Waals surface area contributed by atoms with E-state index in [0.717, 1.165) is 35.4 Å². The Labute approximate surface area is 160 Å². The Morgan fingerprint density at radius 2 is 2.12 bits per heavy atom. The molecule has 1 atom stereocenters. The lowest BCUT2D eigenvalue weighted by Crippen LogP contribution is -2.26. The summed E-state index contributed by atoms with van der Waals surface area (Å²) in [5, 5.41) is 3.59. The third-order valence-electron chi connectivity index (χ3n) is 5.11. The van der Waals surface area contributed by atoms with Gasteiger partial charge in [0.25, 0.3) is 5.91 Å². The van der Waals surface area contributed by atoms with Gasteiger partial charge >= 0.3 is 0 Å². The number of benzene rings is 1. The Morgan fingerprint density at radius 1 is 1.35 bits per heavy atom. The second-order valence-corrected chi connectivity index (χ2v) is 9.38. The molecule has 1 aromatic carbocycles. The zero-order valence-electron chi connectivity index (χ0n) is 16.3. The lowest BCUT2D eigenvalue weighted by molar-refractivity contribution is -0.118. The Kier molecular flexibility index (Phi) is 5.37. The van der Waals surface area contributed by atoms with Gasteiger partial charge in [-0.05, 0) is 61.6 Å². The Morgan fingerprint density at radius 3 is 2.85 bits per heavy atom. The molecule has 1 amide bonds. The first-order chi connectivity index (χ1) is 12.2. The number of carbonyl (C=O) groups excluding carboxylic acids is 1. The second-order valence-electron chi connectivity index (χ2n) is 8.30. The number of carbonyl (C=O) groups is 1. The number of thiazole rings is 1. The number of hydrogen-bond donors (Lipinski definition) is 1. The van der Waals surface area contributed by atoms with Gasteiger partial charge in [-0.15, -0.1) is 11.3 Å². The summed E-state index contributed by atoms with van der Waals surface area (Å²) in [6.07, 6.45) is 3.23. The molecule has 1 N–H and O–H groups in total. The van der Waals surface area contributed by atoms with Crippen molar-refractivity contribution in [3.8, 4) is 5.75 Å². The lowest BCUT2D eigenvalue weighted by atomic mass is 9.73. The molecule has 140 valence electrons. The number of hydrogen-bond acceptors (Lipinski definition) is 4. The van der Waals surface area contributed by atoms with E-state index in [4.69, 9.17) is 4.74 Å². The average molecular weight is 373 g/mol. The highest BCUT2D eigenvalue weighted by atomic mass is 32.1. The van der Waals surface area contributed by atoms with E-state index >= 15 is 0 Å². The molecule has 0 bridgehead atoms. The number of rotatable bonds is 4. The van der Waals surface area contributed by atoms with Crippen LogP contribution in [0.3, 0.4) is 0 Å². The molecular weight excluding hydrogens is 344 g/mol. The quantitative estimate of drug-likeness (QED) is 0.828. The number of aryl methyl sites for hydroxylation is 3. The molecule has 1 aromatic heterocycles. The molecule has 0 radical (unpaired) electrons. The second kappa shape index (κ2) is 7.39. The summed E-state index contributed by atoms with van der Waals surface area (Å²) in [6, 6.07) is 5.99. The summed E-state index contributed by atoms with van der Waals surface area (Å²) >= 11 is 1.61. The van der Waals surface area contributed by atoms with Crippen molar-refractivity contribution in [1.82, 2.24) is 4.98 Å². The summed E-state index contributed by atoms with van der Waals surface area (Å²) in [4.78, 5) is 18.2. The van der Waals surface area contributed by atoms with Crippen molar-refractivity contribution >= 4 is 22.4 Å². The molecule has 2 aromatic rings. The highest BCUT2D eigenvalue weighted by Gasteiger charge is 2.30. The lowest BCUT2D eigenvalue weighted by Gasteiger charge is -2.33. The van der Waals surface area contributed by atoms with Gasteiger partial charge < -0.3 is 4.74 Å². The van der Waals surface area contributed by atoms with E-state index in [1.807, 2.05) is 32.0 Å². The van der Waals surface area contributed by atoms with Crippen molar-refractivity contribution in [3.05, 3.63) is 39.9 Å². The maximum absolute atomic E-state index is 12.2. The van der Waals surface area contributed by atoms with Crippen LogP contribution in [0.25, 0.3) is 0 Å². The SMILES string of the molecule is Cc1ccc(C)c(OCC(=O)Nc2nc3c(s2)CC(C(C)(C)C)CC3)c1. The van der Waals surface area contributed by atoms with E-state index in [1.165, 1.54) is 11.3 Å². The minimum atomic E-state index is -0.163. The summed E-state index contributed by atoms with van der Waals surface area (Å²) < 4.78 is 5.68. The molecule has 0 saturated carbocycles. The number of ether oxygens (including phenoxy) is 1. The Balaban J connectivity index is 1.59. The molecule has 0 spiro atoms. The first kappa shape index (κ1) is 18.9. The van der Waals surface area contributed by atoms with E-state index < -0.39 is 0 Å². The largest absolute Gasteiger partial charge is 0.483 e. The average Bonchev–Trinajstić information content (AvgIpc) is 2.96. The molecule has 1 aliphatic carbocycles. The normalized spacial score (nSPS) is 16.9. The first-order valence-corrected chi connectivity index (χ1v) is 10.0. The zero-order valence-corrected chi connectivity index (χ0v) is 17.1. The third-order valence-corrected chi connectivity index (χ3v) is 6.15. The first-order valence-electron chi connectivity index (χ1n) is 9.21. The third kappa shape index (κ3) is 4.44. The van der Waals surface area contributed by atoms with Gasteiger partial charge in [0.1, 0.15) is 5.75 Å². The van der Waals surface area contributed by atoms with Gasteiger partial charge in [0.2, 0.25) is 0 Å². The minimum Gasteiger partial charge on any atom is -0.483 e. The van der Waals surface area contributed by atoms with E-state index in [1.54, 1.807) is 11.3 Å². The van der Waals surface area contributed by atoms with E-state index in [0.29, 0.717) is 16.5 Å². The monoisotopic (exact) mass is 372 g/mol. The standard InChI is InChI=1S/C21H28N2O2S/c1-13-6-7-14(2)17(10-13)25-12-19(24)23-20-22-16-9-8-15(21(3,4)5)11-18(16)26-20/h6-7,10,15H,8-9,11-12H2,1-5H3,(H,22,23,24). The molecule has 0 fully saturated rings. The topological polar surface area (TPSA) is 51.2 Å². The van der Waals surface area contributed by atoms with Crippen LogP contribution < -0.4 is 10.1 Å². The predicted octanol–water partition coefficient (Wildman–Crippen LogP) is 4.93. The summed E-state index contributed by atoms with van der Waals surface area (Å²) in [5.41, 5.74) is 3.61. The van der Waals surface area contributed by atoms with Gasteiger partial charge in [-0.1, -0.05) is 32.9 Å². The minimum absolute atomic E-state index is 0.000837. The highest BCUT2D eigenvalue weighted by molar-refractivity contribution is 7.15. The van der Waals surface area contributed by atoms with Crippen molar-refractivity contribution < 1.29 is 9.53 Å². The maximum atomic E-state index is 12.2. The number of nitrogens with zero attached hydrogens (tertiary/aromatic N) is 1. The van der Waals surface area contributed by atoms with Crippen LogP contribution in [-0.4, -0.2) is 17.5 Å². The van der Waals surface area contributed by atoms with Crippen molar-refractivity contribution in [2.45, 2.75) is 53.9 Å².